The van der Waals surface area contributed by atoms with Gasteiger partial charge in [-0.05, 0) is 54.6 Å². The summed E-state index contributed by atoms with van der Waals surface area (Å²) >= 11 is 1.38. The molecule has 3 aromatic rings. The number of anilines is 2. The van der Waals surface area contributed by atoms with Crippen LogP contribution in [0.15, 0.2) is 66.6 Å². The van der Waals surface area contributed by atoms with Gasteiger partial charge >= 0.3 is 0 Å². The lowest BCUT2D eigenvalue weighted by molar-refractivity contribution is -0.113. The molecule has 0 bridgehead atoms. The molecule has 0 aliphatic carbocycles. The number of hydrogen-bond acceptors (Lipinski definition) is 6. The Labute approximate surface area is 173 Å². The molecule has 2 aromatic carbocycles. The standard InChI is InChI=1S/C22H22N2O4S/c1-3-21(26)24(17-7-11-19(12-8-17)28-14-4-13-25)22-23-20(15-29-22)16-5-9-18(27-2)10-6-16/h3,5-12,15,25H,1,4,13-14H2,2H3. The maximum atomic E-state index is 12.5. The van der Waals surface area contributed by atoms with Gasteiger partial charge in [-0.1, -0.05) is 6.58 Å². The summed E-state index contributed by atoms with van der Waals surface area (Å²) in [6.07, 6.45) is 1.83. The van der Waals surface area contributed by atoms with Gasteiger partial charge in [0.25, 0.3) is 5.91 Å². The van der Waals surface area contributed by atoms with Crippen LogP contribution < -0.4 is 14.4 Å². The molecule has 1 amide bonds. The number of hydrogen-bond donors (Lipinski definition) is 1. The summed E-state index contributed by atoms with van der Waals surface area (Å²) < 4.78 is 10.7. The third kappa shape index (κ3) is 5.01. The number of aliphatic hydroxyl groups is 1. The van der Waals surface area contributed by atoms with E-state index in [9.17, 15) is 4.79 Å². The molecule has 0 aliphatic heterocycles. The van der Waals surface area contributed by atoms with E-state index in [1.165, 1.54) is 22.3 Å². The Bertz CT molecular complexity index is 952. The molecule has 0 aliphatic rings. The molecule has 0 atom stereocenters. The summed E-state index contributed by atoms with van der Waals surface area (Å²) in [5, 5.41) is 11.3. The SMILES string of the molecule is C=CC(=O)N(c1ccc(OCCCO)cc1)c1nc(-c2ccc(OC)cc2)cs1. The first-order valence-corrected chi connectivity index (χ1v) is 9.94. The molecule has 1 aromatic heterocycles. The predicted molar refractivity (Wildman–Crippen MR) is 115 cm³/mol. The van der Waals surface area contributed by atoms with Gasteiger partial charge in [-0.2, -0.15) is 0 Å². The van der Waals surface area contributed by atoms with Gasteiger partial charge in [0.05, 0.1) is 25.1 Å². The van der Waals surface area contributed by atoms with Crippen molar-refractivity contribution in [2.75, 3.05) is 25.2 Å². The van der Waals surface area contributed by atoms with E-state index < -0.39 is 0 Å². The van der Waals surface area contributed by atoms with E-state index in [0.29, 0.717) is 29.6 Å². The number of amides is 1. The Hall–Kier alpha value is -3.16. The second-order valence-corrected chi connectivity index (χ2v) is 6.88. The largest absolute Gasteiger partial charge is 0.497 e. The number of thiazole rings is 1. The van der Waals surface area contributed by atoms with Gasteiger partial charge in [0.1, 0.15) is 11.5 Å². The molecule has 7 heteroatoms. The van der Waals surface area contributed by atoms with Crippen molar-refractivity contribution >= 4 is 28.1 Å². The van der Waals surface area contributed by atoms with Gasteiger partial charge in [-0.15, -0.1) is 11.3 Å². The molecule has 1 N–H and O–H groups in total. The number of aliphatic hydroxyl groups excluding tert-OH is 1. The summed E-state index contributed by atoms with van der Waals surface area (Å²) in [6, 6.07) is 14.8. The Morgan fingerprint density at radius 2 is 1.86 bits per heavy atom. The average molecular weight is 410 g/mol. The van der Waals surface area contributed by atoms with Gasteiger partial charge in [0, 0.05) is 24.0 Å². The van der Waals surface area contributed by atoms with Gasteiger partial charge < -0.3 is 14.6 Å². The molecule has 0 radical (unpaired) electrons. The van der Waals surface area contributed by atoms with Crippen LogP contribution in [-0.4, -0.2) is 36.3 Å². The number of carbonyl (C=O) groups is 1. The molecule has 0 saturated heterocycles. The van der Waals surface area contributed by atoms with E-state index in [1.54, 1.807) is 31.4 Å². The fraction of sp³-hybridized carbons (Fsp3) is 0.182. The Morgan fingerprint density at radius 3 is 2.48 bits per heavy atom. The van der Waals surface area contributed by atoms with Crippen LogP contribution in [0.3, 0.4) is 0 Å². The zero-order valence-electron chi connectivity index (χ0n) is 16.1. The number of carbonyl (C=O) groups excluding carboxylic acids is 1. The van der Waals surface area contributed by atoms with Crippen LogP contribution in [0, 0.1) is 0 Å². The van der Waals surface area contributed by atoms with Crippen molar-refractivity contribution in [1.82, 2.24) is 4.98 Å². The Morgan fingerprint density at radius 1 is 1.17 bits per heavy atom. The first-order valence-electron chi connectivity index (χ1n) is 9.06. The smallest absolute Gasteiger partial charge is 0.256 e. The van der Waals surface area contributed by atoms with E-state index >= 15 is 0 Å². The minimum atomic E-state index is -0.269. The maximum Gasteiger partial charge on any atom is 0.256 e. The Balaban J connectivity index is 1.85. The van der Waals surface area contributed by atoms with Crippen LogP contribution in [-0.2, 0) is 4.79 Å². The molecule has 0 spiro atoms. The van der Waals surface area contributed by atoms with Crippen molar-refractivity contribution in [3.05, 3.63) is 66.6 Å². The molecule has 0 unspecified atom stereocenters. The van der Waals surface area contributed by atoms with Crippen molar-refractivity contribution in [2.24, 2.45) is 0 Å². The second-order valence-electron chi connectivity index (χ2n) is 6.04. The van der Waals surface area contributed by atoms with Gasteiger partial charge in [0.15, 0.2) is 5.13 Å². The zero-order valence-corrected chi connectivity index (χ0v) is 16.9. The number of rotatable bonds is 9. The lowest BCUT2D eigenvalue weighted by atomic mass is 10.2. The molecular formula is C22H22N2O4S. The minimum Gasteiger partial charge on any atom is -0.497 e. The molecule has 0 fully saturated rings. The highest BCUT2D eigenvalue weighted by Gasteiger charge is 2.19. The number of methoxy groups -OCH3 is 1. The van der Waals surface area contributed by atoms with Crippen LogP contribution in [0.5, 0.6) is 11.5 Å². The van der Waals surface area contributed by atoms with Crippen molar-refractivity contribution in [3.63, 3.8) is 0 Å². The number of benzene rings is 2. The summed E-state index contributed by atoms with van der Waals surface area (Å²) in [4.78, 5) is 18.7. The first kappa shape index (κ1) is 20.6. The number of nitrogens with zero attached hydrogens (tertiary/aromatic N) is 2. The highest BCUT2D eigenvalue weighted by atomic mass is 32.1. The van der Waals surface area contributed by atoms with E-state index in [2.05, 4.69) is 11.6 Å². The monoisotopic (exact) mass is 410 g/mol. The average Bonchev–Trinajstić information content (AvgIpc) is 3.24. The third-order valence-electron chi connectivity index (χ3n) is 4.13. The minimum absolute atomic E-state index is 0.0836. The summed E-state index contributed by atoms with van der Waals surface area (Å²) in [5.74, 6) is 1.18. The van der Waals surface area contributed by atoms with Gasteiger partial charge in [-0.3, -0.25) is 9.69 Å². The predicted octanol–water partition coefficient (Wildman–Crippen LogP) is 4.43. The summed E-state index contributed by atoms with van der Waals surface area (Å²) in [6.45, 7) is 4.12. The number of aromatic nitrogens is 1. The molecule has 29 heavy (non-hydrogen) atoms. The zero-order chi connectivity index (χ0) is 20.6. The van der Waals surface area contributed by atoms with E-state index in [1.807, 2.05) is 29.6 Å². The molecular weight excluding hydrogens is 388 g/mol. The van der Waals surface area contributed by atoms with Crippen LogP contribution in [0.4, 0.5) is 10.8 Å². The number of ether oxygens (including phenoxy) is 2. The quantitative estimate of drug-likeness (QED) is 0.417. The topological polar surface area (TPSA) is 71.9 Å². The molecule has 150 valence electrons. The summed E-state index contributed by atoms with van der Waals surface area (Å²) in [7, 11) is 1.62. The van der Waals surface area contributed by atoms with Crippen molar-refractivity contribution < 1.29 is 19.4 Å². The van der Waals surface area contributed by atoms with Crippen LogP contribution >= 0.6 is 11.3 Å². The van der Waals surface area contributed by atoms with Crippen molar-refractivity contribution in [1.29, 1.82) is 0 Å². The van der Waals surface area contributed by atoms with Crippen LogP contribution in [0.1, 0.15) is 6.42 Å². The lowest BCUT2D eigenvalue weighted by Gasteiger charge is -2.18. The van der Waals surface area contributed by atoms with Crippen molar-refractivity contribution in [2.45, 2.75) is 6.42 Å². The van der Waals surface area contributed by atoms with Crippen molar-refractivity contribution in [3.8, 4) is 22.8 Å². The highest BCUT2D eigenvalue weighted by Crippen LogP contribution is 2.33. The first-order chi connectivity index (χ1) is 14.2. The fourth-order valence-corrected chi connectivity index (χ4v) is 3.49. The van der Waals surface area contributed by atoms with E-state index in [-0.39, 0.29) is 12.5 Å². The molecule has 1 heterocycles. The fourth-order valence-electron chi connectivity index (χ4n) is 2.63. The Kier molecular flexibility index (Phi) is 6.99. The maximum absolute atomic E-state index is 12.5. The molecule has 6 nitrogen and oxygen atoms in total. The van der Waals surface area contributed by atoms with Gasteiger partial charge in [0.2, 0.25) is 0 Å². The highest BCUT2D eigenvalue weighted by molar-refractivity contribution is 7.14. The molecule has 0 saturated carbocycles. The summed E-state index contributed by atoms with van der Waals surface area (Å²) in [5.41, 5.74) is 2.38. The third-order valence-corrected chi connectivity index (χ3v) is 4.96. The van der Waals surface area contributed by atoms with E-state index in [4.69, 9.17) is 14.6 Å². The second kappa shape index (κ2) is 9.86. The van der Waals surface area contributed by atoms with Crippen LogP contribution in [0.2, 0.25) is 0 Å². The van der Waals surface area contributed by atoms with E-state index in [0.717, 1.165) is 17.0 Å². The normalized spacial score (nSPS) is 10.4. The van der Waals surface area contributed by atoms with Gasteiger partial charge in [-0.25, -0.2) is 4.98 Å². The van der Waals surface area contributed by atoms with Crippen LogP contribution in [0.25, 0.3) is 11.3 Å². The lowest BCUT2D eigenvalue weighted by Crippen LogP contribution is -2.23. The molecule has 3 rings (SSSR count).